The zero-order chi connectivity index (χ0) is 13.1. The zero-order valence-electron chi connectivity index (χ0n) is 9.75. The molecule has 0 saturated carbocycles. The molecule has 96 valence electrons. The minimum absolute atomic E-state index is 0.158. The highest BCUT2D eigenvalue weighted by Crippen LogP contribution is 2.25. The van der Waals surface area contributed by atoms with Gasteiger partial charge >= 0.3 is 0 Å². The van der Waals surface area contributed by atoms with Crippen molar-refractivity contribution < 1.29 is 4.79 Å². The number of anilines is 2. The van der Waals surface area contributed by atoms with E-state index in [0.717, 1.165) is 17.4 Å². The maximum absolute atomic E-state index is 11.2. The van der Waals surface area contributed by atoms with Crippen LogP contribution in [0.1, 0.15) is 16.2 Å². The van der Waals surface area contributed by atoms with E-state index in [4.69, 9.17) is 11.5 Å². The number of rotatable bonds is 5. The summed E-state index contributed by atoms with van der Waals surface area (Å²) in [4.78, 5) is 15.3. The quantitative estimate of drug-likeness (QED) is 0.677. The molecule has 0 aliphatic heterocycles. The van der Waals surface area contributed by atoms with Crippen LogP contribution in [0.4, 0.5) is 10.8 Å². The second-order valence-electron chi connectivity index (χ2n) is 3.65. The van der Waals surface area contributed by atoms with E-state index in [-0.39, 0.29) is 11.4 Å². The lowest BCUT2D eigenvalue weighted by Gasteiger charge is -2.03. The summed E-state index contributed by atoms with van der Waals surface area (Å²) in [6, 6.07) is 0. The summed E-state index contributed by atoms with van der Waals surface area (Å²) in [5.74, 6) is 0.300. The van der Waals surface area contributed by atoms with Gasteiger partial charge in [0.2, 0.25) is 0 Å². The van der Waals surface area contributed by atoms with Crippen molar-refractivity contribution >= 4 is 28.3 Å². The average Bonchev–Trinajstić information content (AvgIpc) is 2.86. The third kappa shape index (κ3) is 2.56. The lowest BCUT2D eigenvalue weighted by Crippen LogP contribution is -2.15. The van der Waals surface area contributed by atoms with Crippen LogP contribution in [0.15, 0.2) is 6.33 Å². The molecule has 5 N–H and O–H groups in total. The molecule has 0 aliphatic carbocycles. The summed E-state index contributed by atoms with van der Waals surface area (Å²) in [6.07, 6.45) is 2.27. The fraction of sp³-hybridized carbons (Fsp3) is 0.333. The van der Waals surface area contributed by atoms with Crippen molar-refractivity contribution in [1.82, 2.24) is 19.1 Å². The molecular weight excluding hydrogens is 254 g/mol. The number of nitrogen functional groups attached to an aromatic ring is 1. The predicted molar refractivity (Wildman–Crippen MR) is 68.2 cm³/mol. The van der Waals surface area contributed by atoms with Gasteiger partial charge < -0.3 is 16.8 Å². The van der Waals surface area contributed by atoms with Gasteiger partial charge in [0.25, 0.3) is 5.91 Å². The molecule has 0 atom stereocenters. The molecule has 0 unspecified atom stereocenters. The van der Waals surface area contributed by atoms with Crippen LogP contribution in [0.5, 0.6) is 0 Å². The topological polar surface area (TPSA) is 125 Å². The molecule has 0 bridgehead atoms. The Morgan fingerprint density at radius 3 is 3.00 bits per heavy atom. The monoisotopic (exact) mass is 267 g/mol. The molecule has 18 heavy (non-hydrogen) atoms. The first-order valence-corrected chi connectivity index (χ1v) is 5.98. The first-order valence-electron chi connectivity index (χ1n) is 5.21. The van der Waals surface area contributed by atoms with Crippen LogP contribution in [-0.2, 0) is 13.5 Å². The maximum Gasteiger partial charge on any atom is 0.255 e. The minimum Gasteiger partial charge on any atom is -0.382 e. The Morgan fingerprint density at radius 1 is 1.61 bits per heavy atom. The van der Waals surface area contributed by atoms with Crippen molar-refractivity contribution in [2.75, 3.05) is 17.6 Å². The predicted octanol–water partition coefficient (Wildman–Crippen LogP) is -0.393. The van der Waals surface area contributed by atoms with Crippen LogP contribution in [0.25, 0.3) is 0 Å². The van der Waals surface area contributed by atoms with Crippen LogP contribution >= 0.6 is 11.5 Å². The molecule has 2 rings (SSSR count). The molecule has 2 aromatic heterocycles. The molecule has 0 fully saturated rings. The van der Waals surface area contributed by atoms with Crippen molar-refractivity contribution in [3.63, 3.8) is 0 Å². The van der Waals surface area contributed by atoms with Gasteiger partial charge in [0.05, 0.1) is 0 Å². The molecule has 2 heterocycles. The van der Waals surface area contributed by atoms with Crippen LogP contribution in [-0.4, -0.2) is 31.6 Å². The van der Waals surface area contributed by atoms with E-state index in [1.807, 2.05) is 0 Å². The third-order valence-corrected chi connectivity index (χ3v) is 3.07. The molecule has 0 aromatic carbocycles. The molecule has 0 aliphatic rings. The van der Waals surface area contributed by atoms with E-state index in [2.05, 4.69) is 19.8 Å². The minimum atomic E-state index is -0.584. The number of nitrogens with two attached hydrogens (primary N) is 2. The number of nitrogens with zero attached hydrogens (tertiary/aromatic N) is 4. The fourth-order valence-electron chi connectivity index (χ4n) is 1.45. The highest BCUT2D eigenvalue weighted by molar-refractivity contribution is 7.11. The van der Waals surface area contributed by atoms with Gasteiger partial charge in [-0.3, -0.25) is 9.48 Å². The molecule has 0 radical (unpaired) electrons. The second-order valence-corrected chi connectivity index (χ2v) is 4.42. The Bertz CT molecular complexity index is 561. The van der Waals surface area contributed by atoms with Gasteiger partial charge in [-0.2, -0.15) is 9.47 Å². The summed E-state index contributed by atoms with van der Waals surface area (Å²) in [5.41, 5.74) is 11.0. The largest absolute Gasteiger partial charge is 0.382 e. The lowest BCUT2D eigenvalue weighted by atomic mass is 10.3. The SMILES string of the molecule is Cn1cnc(CCNc2snc(N)c2C(N)=O)n1. The van der Waals surface area contributed by atoms with Gasteiger partial charge in [-0.1, -0.05) is 0 Å². The third-order valence-electron chi connectivity index (χ3n) is 2.25. The molecule has 2 aromatic rings. The van der Waals surface area contributed by atoms with E-state index in [0.29, 0.717) is 18.0 Å². The fourth-order valence-corrected chi connectivity index (χ4v) is 2.19. The molecule has 8 nitrogen and oxygen atoms in total. The Labute approximate surface area is 107 Å². The van der Waals surface area contributed by atoms with Gasteiger partial charge in [-0.15, -0.1) is 0 Å². The molecule has 0 spiro atoms. The van der Waals surface area contributed by atoms with E-state index in [1.54, 1.807) is 18.1 Å². The van der Waals surface area contributed by atoms with Crippen molar-refractivity contribution in [3.05, 3.63) is 17.7 Å². The van der Waals surface area contributed by atoms with Gasteiger partial charge in [-0.05, 0) is 11.5 Å². The van der Waals surface area contributed by atoms with Crippen molar-refractivity contribution in [2.45, 2.75) is 6.42 Å². The number of aromatic nitrogens is 4. The standard InChI is InChI=1S/C9H13N7OS/c1-16-4-13-5(14-16)2-3-12-9-6(8(11)17)7(10)15-18-9/h4,12H,2-3H2,1H3,(H2,10,15)(H2,11,17). The first kappa shape index (κ1) is 12.3. The molecule has 0 saturated heterocycles. The van der Waals surface area contributed by atoms with Crippen molar-refractivity contribution in [3.8, 4) is 0 Å². The van der Waals surface area contributed by atoms with Gasteiger partial charge in [0.15, 0.2) is 11.6 Å². The zero-order valence-corrected chi connectivity index (χ0v) is 10.6. The van der Waals surface area contributed by atoms with Gasteiger partial charge in [0, 0.05) is 20.0 Å². The van der Waals surface area contributed by atoms with Gasteiger partial charge in [-0.25, -0.2) is 4.98 Å². The van der Waals surface area contributed by atoms with E-state index in [1.165, 1.54) is 0 Å². The van der Waals surface area contributed by atoms with E-state index >= 15 is 0 Å². The summed E-state index contributed by atoms with van der Waals surface area (Å²) < 4.78 is 5.52. The molecule has 9 heteroatoms. The molecule has 1 amide bonds. The number of primary amides is 1. The van der Waals surface area contributed by atoms with Crippen LogP contribution in [0, 0.1) is 0 Å². The Hall–Kier alpha value is -2.16. The number of nitrogens with one attached hydrogen (secondary N) is 1. The first-order chi connectivity index (χ1) is 8.58. The maximum atomic E-state index is 11.2. The molecular formula is C9H13N7OS. The summed E-state index contributed by atoms with van der Waals surface area (Å²) >= 11 is 1.11. The van der Waals surface area contributed by atoms with Crippen molar-refractivity contribution in [2.24, 2.45) is 12.8 Å². The van der Waals surface area contributed by atoms with Crippen LogP contribution < -0.4 is 16.8 Å². The smallest absolute Gasteiger partial charge is 0.255 e. The summed E-state index contributed by atoms with van der Waals surface area (Å²) in [6.45, 7) is 0.575. The Morgan fingerprint density at radius 2 is 2.39 bits per heavy atom. The summed E-state index contributed by atoms with van der Waals surface area (Å²) in [5, 5.41) is 7.78. The highest BCUT2D eigenvalue weighted by Gasteiger charge is 2.16. The number of hydrogen-bond acceptors (Lipinski definition) is 7. The van der Waals surface area contributed by atoms with Crippen LogP contribution in [0.3, 0.4) is 0 Å². The lowest BCUT2D eigenvalue weighted by molar-refractivity contribution is 0.100. The normalized spacial score (nSPS) is 10.5. The van der Waals surface area contributed by atoms with Gasteiger partial charge in [0.1, 0.15) is 16.9 Å². The number of carbonyl (C=O) groups is 1. The highest BCUT2D eigenvalue weighted by atomic mass is 32.1. The Kier molecular flexibility index (Phi) is 3.42. The van der Waals surface area contributed by atoms with E-state index < -0.39 is 5.91 Å². The number of carbonyl (C=O) groups excluding carboxylic acids is 1. The van der Waals surface area contributed by atoms with Crippen LogP contribution in [0.2, 0.25) is 0 Å². The second kappa shape index (κ2) is 5.00. The number of amides is 1. The number of hydrogen-bond donors (Lipinski definition) is 3. The summed E-state index contributed by atoms with van der Waals surface area (Å²) in [7, 11) is 1.80. The Balaban J connectivity index is 1.96. The van der Waals surface area contributed by atoms with Crippen molar-refractivity contribution in [1.29, 1.82) is 0 Å². The average molecular weight is 267 g/mol. The van der Waals surface area contributed by atoms with E-state index in [9.17, 15) is 4.79 Å². The number of aryl methyl sites for hydroxylation is 1.